The zero-order chi connectivity index (χ0) is 7.15. The van der Waals surface area contributed by atoms with Gasteiger partial charge >= 0.3 is 27.3 Å². The predicted octanol–water partition coefficient (Wildman–Crippen LogP) is -0.737. The summed E-state index contributed by atoms with van der Waals surface area (Å²) in [5.41, 5.74) is 0. The van der Waals surface area contributed by atoms with Gasteiger partial charge in [-0.05, 0) is 0 Å². The Morgan fingerprint density at radius 2 is 1.00 bits per heavy atom. The Bertz CT molecular complexity index is 75.3. The van der Waals surface area contributed by atoms with E-state index in [1.165, 1.54) is 0 Å². The van der Waals surface area contributed by atoms with Crippen LogP contribution in [0.4, 0.5) is 0 Å². The maximum atomic E-state index is 9.00. The van der Waals surface area contributed by atoms with E-state index in [1.807, 2.05) is 0 Å². The molecule has 0 amide bonds. The van der Waals surface area contributed by atoms with Crippen molar-refractivity contribution in [3.8, 4) is 0 Å². The molecule has 0 aromatic heterocycles. The molecule has 0 aliphatic rings. The van der Waals surface area contributed by atoms with E-state index < -0.39 is 11.9 Å². The minimum absolute atomic E-state index is 0. The molecule has 0 saturated heterocycles. The van der Waals surface area contributed by atoms with Crippen LogP contribution < -0.4 is 0 Å². The summed E-state index contributed by atoms with van der Waals surface area (Å²) in [6, 6.07) is 0. The SMILES string of the molecule is CC(=O)O.CC(=O)O.[PbH2].[Zn]. The third kappa shape index (κ3) is 2020. The van der Waals surface area contributed by atoms with Crippen molar-refractivity contribution in [1.29, 1.82) is 0 Å². The molecule has 0 heterocycles. The van der Waals surface area contributed by atoms with Crippen molar-refractivity contribution in [1.82, 2.24) is 0 Å². The van der Waals surface area contributed by atoms with Crippen LogP contribution in [-0.2, 0) is 29.1 Å². The second kappa shape index (κ2) is 16.2. The normalized spacial score (nSPS) is 5.00. The molecular formula is C4H10O4PbZn. The van der Waals surface area contributed by atoms with Gasteiger partial charge in [-0.1, -0.05) is 0 Å². The van der Waals surface area contributed by atoms with Crippen LogP contribution in [0.25, 0.3) is 0 Å². The number of aliphatic carboxylic acids is 2. The maximum Gasteiger partial charge on any atom is 0 e. The molecule has 0 unspecified atom stereocenters. The van der Waals surface area contributed by atoms with Gasteiger partial charge in [0.05, 0.1) is 0 Å². The smallest absolute Gasteiger partial charge is 0 e. The summed E-state index contributed by atoms with van der Waals surface area (Å²) in [6.07, 6.45) is 0. The molecule has 0 saturated carbocycles. The fourth-order valence-electron chi connectivity index (χ4n) is 0. The first-order valence-electron chi connectivity index (χ1n) is 1.86. The van der Waals surface area contributed by atoms with Crippen molar-refractivity contribution in [2.24, 2.45) is 0 Å². The van der Waals surface area contributed by atoms with Gasteiger partial charge in [-0.15, -0.1) is 0 Å². The average Bonchev–Trinajstić information content (AvgIpc) is 1.25. The number of hydrogen-bond acceptors (Lipinski definition) is 2. The first-order chi connectivity index (χ1) is 3.46. The quantitative estimate of drug-likeness (QED) is 0.531. The molecule has 6 heteroatoms. The molecule has 10 heavy (non-hydrogen) atoms. The van der Waals surface area contributed by atoms with E-state index in [9.17, 15) is 0 Å². The number of carboxylic acids is 2. The Labute approximate surface area is 91.9 Å². The molecule has 0 aromatic rings. The van der Waals surface area contributed by atoms with E-state index >= 15 is 0 Å². The molecule has 0 spiro atoms. The van der Waals surface area contributed by atoms with E-state index in [0.717, 1.165) is 13.8 Å². The van der Waals surface area contributed by atoms with Gasteiger partial charge in [0.1, 0.15) is 0 Å². The van der Waals surface area contributed by atoms with E-state index in [-0.39, 0.29) is 46.8 Å². The zero-order valence-corrected chi connectivity index (χ0v) is 14.6. The van der Waals surface area contributed by atoms with Crippen LogP contribution in [-0.4, -0.2) is 49.5 Å². The molecule has 4 nitrogen and oxygen atoms in total. The number of carboxylic acid groups (broad SMARTS) is 2. The standard InChI is InChI=1S/2C2H4O2.Pb.Zn.2H/c2*1-2(3)4;;;;/h2*1H3,(H,3,4);;;;. The fourth-order valence-corrected chi connectivity index (χ4v) is 0. The van der Waals surface area contributed by atoms with Gasteiger partial charge < -0.3 is 10.2 Å². The maximum absolute atomic E-state index is 9.00. The van der Waals surface area contributed by atoms with Crippen LogP contribution in [0.1, 0.15) is 13.8 Å². The summed E-state index contributed by atoms with van der Waals surface area (Å²) in [6.45, 7) is 2.17. The molecule has 2 N–H and O–H groups in total. The molecule has 0 atom stereocenters. The molecule has 0 rings (SSSR count). The summed E-state index contributed by atoms with van der Waals surface area (Å²) < 4.78 is 0. The second-order valence-electron chi connectivity index (χ2n) is 1.04. The Kier molecular flexibility index (Phi) is 36.4. The summed E-state index contributed by atoms with van der Waals surface area (Å²) in [4.78, 5) is 18.0. The van der Waals surface area contributed by atoms with Gasteiger partial charge in [-0.25, -0.2) is 0 Å². The Balaban J connectivity index is -0.0000000300. The number of hydrogen-bond donors (Lipinski definition) is 2. The van der Waals surface area contributed by atoms with Crippen molar-refractivity contribution in [2.45, 2.75) is 13.8 Å². The van der Waals surface area contributed by atoms with E-state index in [1.54, 1.807) is 0 Å². The summed E-state index contributed by atoms with van der Waals surface area (Å²) >= 11 is 0. The van der Waals surface area contributed by atoms with Crippen molar-refractivity contribution in [2.75, 3.05) is 0 Å². The van der Waals surface area contributed by atoms with Crippen molar-refractivity contribution in [3.63, 3.8) is 0 Å². The van der Waals surface area contributed by atoms with Gasteiger partial charge in [-0.2, -0.15) is 0 Å². The molecule has 0 fully saturated rings. The molecule has 0 aliphatic carbocycles. The average molecular weight is 395 g/mol. The van der Waals surface area contributed by atoms with Gasteiger partial charge in [0, 0.05) is 33.3 Å². The minimum atomic E-state index is -0.833. The Morgan fingerprint density at radius 3 is 1.00 bits per heavy atom. The van der Waals surface area contributed by atoms with Crippen LogP contribution >= 0.6 is 0 Å². The Morgan fingerprint density at radius 1 is 1.00 bits per heavy atom. The van der Waals surface area contributed by atoms with Crippen molar-refractivity contribution >= 4 is 39.2 Å². The zero-order valence-electron chi connectivity index (χ0n) is 6.13. The van der Waals surface area contributed by atoms with Gasteiger partial charge in [0.25, 0.3) is 11.9 Å². The summed E-state index contributed by atoms with van der Waals surface area (Å²) in [5.74, 6) is -1.67. The summed E-state index contributed by atoms with van der Waals surface area (Å²) in [5, 5.41) is 14.8. The molecule has 0 aromatic carbocycles. The van der Waals surface area contributed by atoms with Gasteiger partial charge in [0.2, 0.25) is 0 Å². The van der Waals surface area contributed by atoms with E-state index in [2.05, 4.69) is 0 Å². The fraction of sp³-hybridized carbons (Fsp3) is 0.500. The van der Waals surface area contributed by atoms with Gasteiger partial charge in [-0.3, -0.25) is 9.59 Å². The number of carbonyl (C=O) groups is 2. The van der Waals surface area contributed by atoms with Crippen molar-refractivity contribution in [3.05, 3.63) is 0 Å². The Hall–Kier alpha value is 0.485. The van der Waals surface area contributed by atoms with Crippen LogP contribution in [0.3, 0.4) is 0 Å². The monoisotopic (exact) mass is 394 g/mol. The third-order valence-corrected chi connectivity index (χ3v) is 0. The molecular weight excluding hydrogens is 385 g/mol. The summed E-state index contributed by atoms with van der Waals surface area (Å²) in [7, 11) is 0. The first kappa shape index (κ1) is 22.4. The van der Waals surface area contributed by atoms with Crippen LogP contribution in [0.2, 0.25) is 0 Å². The molecule has 0 aliphatic heterocycles. The molecule has 0 bridgehead atoms. The largest absolute Gasteiger partial charge is 0 e. The molecule has 56 valence electrons. The third-order valence-electron chi connectivity index (χ3n) is 0. The van der Waals surface area contributed by atoms with Crippen LogP contribution in [0.5, 0.6) is 0 Å². The van der Waals surface area contributed by atoms with E-state index in [0.29, 0.717) is 0 Å². The van der Waals surface area contributed by atoms with Crippen molar-refractivity contribution < 1.29 is 39.3 Å². The molecule has 2 radical (unpaired) electrons. The minimum Gasteiger partial charge on any atom is 0 e. The number of rotatable bonds is 0. The predicted molar refractivity (Wildman–Crippen MR) is 35.2 cm³/mol. The second-order valence-corrected chi connectivity index (χ2v) is 1.04. The van der Waals surface area contributed by atoms with Crippen LogP contribution in [0, 0.1) is 0 Å². The van der Waals surface area contributed by atoms with Gasteiger partial charge in [0.15, 0.2) is 0 Å². The topological polar surface area (TPSA) is 74.6 Å². The first-order valence-corrected chi connectivity index (χ1v) is 1.86. The van der Waals surface area contributed by atoms with Crippen LogP contribution in [0.15, 0.2) is 0 Å². The van der Waals surface area contributed by atoms with E-state index in [4.69, 9.17) is 19.8 Å².